The minimum atomic E-state index is -0.351. The molecule has 10 aromatic carbocycles. The topological polar surface area (TPSA) is 6.48 Å². The minimum absolute atomic E-state index is 0.0976. The third kappa shape index (κ3) is 8.03. The molecule has 2 aliphatic rings. The quantitative estimate of drug-likeness (QED) is 0.119. The fourth-order valence-corrected chi connectivity index (χ4v) is 12.3. The Morgan fingerprint density at radius 1 is 0.267 bits per heavy atom. The Morgan fingerprint density at radius 3 is 1.08 bits per heavy atom. The van der Waals surface area contributed by atoms with Crippen LogP contribution in [0.2, 0.25) is 0 Å². The number of rotatable bonds is 11. The zero-order valence-electron chi connectivity index (χ0n) is 44.6. The van der Waals surface area contributed by atoms with Crippen molar-refractivity contribution in [3.63, 3.8) is 0 Å². The van der Waals surface area contributed by atoms with E-state index in [2.05, 4.69) is 314 Å². The van der Waals surface area contributed by atoms with E-state index in [0.717, 1.165) is 11.4 Å². The summed E-state index contributed by atoms with van der Waals surface area (Å²) in [6.45, 7) is 18.9. The number of hydrogen-bond acceptors (Lipinski definition) is 2. The number of para-hydroxylation sites is 1. The number of hydrogen-bond donors (Lipinski definition) is 0. The van der Waals surface area contributed by atoms with Crippen molar-refractivity contribution in [1.29, 1.82) is 0 Å². The van der Waals surface area contributed by atoms with Gasteiger partial charge in [-0.2, -0.15) is 0 Å². The predicted molar refractivity (Wildman–Crippen MR) is 320 cm³/mol. The standard InChI is InChI=1S/C72H65BN2/c1-69(2,51-28-16-10-17-29-51)55-38-42-59(43-39-55)74-64-44-40-56(70(3,4)52-30-18-11-19-31-52)46-61(64)73-62-47-57(71(5,6)53-32-20-12-21-33-53)41-45-65(62)75(63-37-25-24-36-60(63)50-26-14-9-15-27-50)67-49-58(48-66(74)68(67)73)72(7,8)54-34-22-13-23-35-54/h9-49H,1-8H3. The normalized spacial score (nSPS) is 13.3. The van der Waals surface area contributed by atoms with Crippen molar-refractivity contribution < 1.29 is 0 Å². The van der Waals surface area contributed by atoms with E-state index >= 15 is 0 Å². The maximum Gasteiger partial charge on any atom is 0.252 e. The molecule has 0 saturated carbocycles. The van der Waals surface area contributed by atoms with Crippen molar-refractivity contribution >= 4 is 57.2 Å². The monoisotopic (exact) mass is 969 g/mol. The number of fused-ring (bicyclic) bond motifs is 4. The lowest BCUT2D eigenvalue weighted by Crippen LogP contribution is -2.62. The SMILES string of the molecule is CC(C)(c1ccccc1)c1ccc(N2c3ccc(C(C)(C)c4ccccc4)cc3B3c4cc(C(C)(C)c5ccccc5)ccc4N(c4ccccc4-c4ccccc4)c4cc(C(C)(C)c5ccccc5)cc2c43)cc1. The molecule has 0 atom stereocenters. The Morgan fingerprint density at radius 2 is 0.613 bits per heavy atom. The van der Waals surface area contributed by atoms with Crippen LogP contribution in [-0.2, 0) is 21.7 Å². The summed E-state index contributed by atoms with van der Waals surface area (Å²) in [5, 5.41) is 0. The highest BCUT2D eigenvalue weighted by Crippen LogP contribution is 2.50. The molecule has 75 heavy (non-hydrogen) atoms. The molecule has 2 heterocycles. The number of benzene rings is 10. The maximum atomic E-state index is 2.61. The molecule has 0 unspecified atom stereocenters. The predicted octanol–water partition coefficient (Wildman–Crippen LogP) is 16.7. The molecule has 0 fully saturated rings. The first kappa shape index (κ1) is 47.8. The van der Waals surface area contributed by atoms with E-state index in [4.69, 9.17) is 0 Å². The van der Waals surface area contributed by atoms with Crippen molar-refractivity contribution in [2.75, 3.05) is 9.80 Å². The van der Waals surface area contributed by atoms with Crippen LogP contribution in [0.25, 0.3) is 11.1 Å². The highest BCUT2D eigenvalue weighted by atomic mass is 15.2. The van der Waals surface area contributed by atoms with Gasteiger partial charge in [0.2, 0.25) is 0 Å². The molecule has 0 aliphatic carbocycles. The van der Waals surface area contributed by atoms with Crippen molar-refractivity contribution in [2.24, 2.45) is 0 Å². The lowest BCUT2D eigenvalue weighted by Gasteiger charge is -2.46. The first-order chi connectivity index (χ1) is 36.2. The fourth-order valence-electron chi connectivity index (χ4n) is 12.3. The molecule has 0 spiro atoms. The van der Waals surface area contributed by atoms with E-state index in [1.54, 1.807) is 0 Å². The van der Waals surface area contributed by atoms with Crippen molar-refractivity contribution in [1.82, 2.24) is 0 Å². The minimum Gasteiger partial charge on any atom is -0.311 e. The van der Waals surface area contributed by atoms with Gasteiger partial charge < -0.3 is 9.80 Å². The lowest BCUT2D eigenvalue weighted by molar-refractivity contribution is 0.640. The van der Waals surface area contributed by atoms with E-state index in [0.29, 0.717) is 0 Å². The lowest BCUT2D eigenvalue weighted by atomic mass is 9.33. The maximum absolute atomic E-state index is 2.61. The molecular weight excluding hydrogens is 904 g/mol. The Labute approximate surface area is 446 Å². The molecule has 3 heteroatoms. The largest absolute Gasteiger partial charge is 0.311 e. The molecular formula is C72H65BN2. The zero-order valence-corrected chi connectivity index (χ0v) is 44.6. The number of anilines is 6. The smallest absolute Gasteiger partial charge is 0.252 e. The first-order valence-corrected chi connectivity index (χ1v) is 26.8. The molecule has 0 N–H and O–H groups in total. The summed E-state index contributed by atoms with van der Waals surface area (Å²) < 4.78 is 0. The molecule has 2 nitrogen and oxygen atoms in total. The summed E-state index contributed by atoms with van der Waals surface area (Å²) in [6, 6.07) is 93.3. The summed E-state index contributed by atoms with van der Waals surface area (Å²) >= 11 is 0. The van der Waals surface area contributed by atoms with Crippen LogP contribution in [0.1, 0.15) is 99.9 Å². The van der Waals surface area contributed by atoms with Gasteiger partial charge in [-0.1, -0.05) is 262 Å². The van der Waals surface area contributed by atoms with E-state index in [-0.39, 0.29) is 28.4 Å². The second-order valence-corrected chi connectivity index (χ2v) is 23.0. The Hall–Kier alpha value is -8.14. The Balaban J connectivity index is 1.19. The van der Waals surface area contributed by atoms with Crippen LogP contribution in [0, 0.1) is 0 Å². The molecule has 0 bridgehead atoms. The van der Waals surface area contributed by atoms with E-state index in [1.165, 1.54) is 94.8 Å². The summed E-state index contributed by atoms with van der Waals surface area (Å²) in [7, 11) is 0. The fraction of sp³-hybridized carbons (Fsp3) is 0.167. The highest BCUT2D eigenvalue weighted by Gasteiger charge is 2.46. The first-order valence-electron chi connectivity index (χ1n) is 26.8. The molecule has 12 rings (SSSR count). The van der Waals surface area contributed by atoms with Crippen LogP contribution in [0.4, 0.5) is 34.1 Å². The van der Waals surface area contributed by atoms with Gasteiger partial charge in [0.1, 0.15) is 0 Å². The molecule has 0 amide bonds. The molecule has 366 valence electrons. The molecule has 0 radical (unpaired) electrons. The van der Waals surface area contributed by atoms with Crippen LogP contribution in [-0.4, -0.2) is 6.71 Å². The molecule has 0 saturated heterocycles. The van der Waals surface area contributed by atoms with Gasteiger partial charge in [0.25, 0.3) is 6.71 Å². The summed E-state index contributed by atoms with van der Waals surface area (Å²) in [5.74, 6) is 0. The van der Waals surface area contributed by atoms with Gasteiger partial charge in [-0.3, -0.25) is 0 Å². The Bertz CT molecular complexity index is 3690. The van der Waals surface area contributed by atoms with Gasteiger partial charge >= 0.3 is 0 Å². The zero-order chi connectivity index (χ0) is 51.7. The van der Waals surface area contributed by atoms with Gasteiger partial charge in [0.05, 0.1) is 5.69 Å². The Kier molecular flexibility index (Phi) is 11.7. The van der Waals surface area contributed by atoms with E-state index < -0.39 is 0 Å². The average Bonchev–Trinajstić information content (AvgIpc) is 3.54. The van der Waals surface area contributed by atoms with Crippen LogP contribution in [0.5, 0.6) is 0 Å². The molecule has 10 aromatic rings. The average molecular weight is 969 g/mol. The second-order valence-electron chi connectivity index (χ2n) is 23.0. The van der Waals surface area contributed by atoms with Gasteiger partial charge in [-0.15, -0.1) is 0 Å². The second kappa shape index (κ2) is 18.4. The van der Waals surface area contributed by atoms with Gasteiger partial charge in [0, 0.05) is 55.7 Å². The highest BCUT2D eigenvalue weighted by molar-refractivity contribution is 7.00. The van der Waals surface area contributed by atoms with E-state index in [1.807, 2.05) is 0 Å². The molecule has 2 aliphatic heterocycles. The van der Waals surface area contributed by atoms with E-state index in [9.17, 15) is 0 Å². The van der Waals surface area contributed by atoms with Crippen LogP contribution in [0.3, 0.4) is 0 Å². The molecule has 0 aromatic heterocycles. The van der Waals surface area contributed by atoms with Gasteiger partial charge in [-0.05, 0) is 109 Å². The number of nitrogens with zero attached hydrogens (tertiary/aromatic N) is 2. The van der Waals surface area contributed by atoms with Gasteiger partial charge in [0.15, 0.2) is 0 Å². The summed E-state index contributed by atoms with van der Waals surface area (Å²) in [5.41, 5.74) is 22.6. The van der Waals surface area contributed by atoms with Crippen LogP contribution >= 0.6 is 0 Å². The van der Waals surface area contributed by atoms with Gasteiger partial charge in [-0.25, -0.2) is 0 Å². The summed E-state index contributed by atoms with van der Waals surface area (Å²) in [4.78, 5) is 5.21. The van der Waals surface area contributed by atoms with Crippen molar-refractivity contribution in [2.45, 2.75) is 77.0 Å². The third-order valence-electron chi connectivity index (χ3n) is 17.3. The summed E-state index contributed by atoms with van der Waals surface area (Å²) in [6.07, 6.45) is 0. The van der Waals surface area contributed by atoms with Crippen molar-refractivity contribution in [3.05, 3.63) is 293 Å². The van der Waals surface area contributed by atoms with Crippen LogP contribution < -0.4 is 26.2 Å². The van der Waals surface area contributed by atoms with Crippen LogP contribution in [0.15, 0.2) is 249 Å². The third-order valence-corrected chi connectivity index (χ3v) is 17.3. The van der Waals surface area contributed by atoms with Crippen molar-refractivity contribution in [3.8, 4) is 11.1 Å².